The van der Waals surface area contributed by atoms with E-state index in [0.717, 1.165) is 6.07 Å². The molecule has 1 amide bonds. The molecule has 0 bridgehead atoms. The molecule has 110 valence electrons. The minimum absolute atomic E-state index is 0.000656. The number of rotatable bonds is 3. The van der Waals surface area contributed by atoms with Crippen molar-refractivity contribution >= 4 is 5.91 Å². The van der Waals surface area contributed by atoms with E-state index in [0.29, 0.717) is 13.2 Å². The van der Waals surface area contributed by atoms with Gasteiger partial charge in [-0.2, -0.15) is 13.2 Å². The Morgan fingerprint density at radius 1 is 1.35 bits per heavy atom. The molecule has 0 saturated carbocycles. The molecule has 1 heterocycles. The minimum Gasteiger partial charge on any atom is -0.370 e. The van der Waals surface area contributed by atoms with Crippen molar-refractivity contribution < 1.29 is 22.7 Å². The van der Waals surface area contributed by atoms with Crippen molar-refractivity contribution in [1.29, 1.82) is 0 Å². The second-order valence-corrected chi connectivity index (χ2v) is 4.58. The largest absolute Gasteiger partial charge is 0.416 e. The van der Waals surface area contributed by atoms with Gasteiger partial charge >= 0.3 is 6.18 Å². The van der Waals surface area contributed by atoms with E-state index >= 15 is 0 Å². The van der Waals surface area contributed by atoms with Crippen LogP contribution in [0.4, 0.5) is 13.2 Å². The van der Waals surface area contributed by atoms with Crippen LogP contribution in [0.5, 0.6) is 0 Å². The number of morpholine rings is 1. The number of carbonyl (C=O) groups excluding carboxylic acids is 1. The zero-order valence-electron chi connectivity index (χ0n) is 10.7. The highest BCUT2D eigenvalue weighted by Gasteiger charge is 2.35. The first-order valence-corrected chi connectivity index (χ1v) is 6.17. The molecule has 0 spiro atoms. The van der Waals surface area contributed by atoms with Crippen LogP contribution in [0.3, 0.4) is 0 Å². The maximum absolute atomic E-state index is 12.9. The van der Waals surface area contributed by atoms with Crippen molar-refractivity contribution in [3.05, 3.63) is 35.4 Å². The van der Waals surface area contributed by atoms with E-state index in [2.05, 4.69) is 0 Å². The molecular weight excluding hydrogens is 273 g/mol. The summed E-state index contributed by atoms with van der Waals surface area (Å²) in [5.74, 6) is -0.254. The third-order valence-corrected chi connectivity index (χ3v) is 3.17. The van der Waals surface area contributed by atoms with Gasteiger partial charge in [0.1, 0.15) is 6.61 Å². The number of hydrogen-bond donors (Lipinski definition) is 1. The molecule has 0 radical (unpaired) electrons. The fourth-order valence-electron chi connectivity index (χ4n) is 2.16. The molecule has 1 aromatic rings. The van der Waals surface area contributed by atoms with Crippen LogP contribution in [-0.4, -0.2) is 37.1 Å². The highest BCUT2D eigenvalue weighted by molar-refractivity contribution is 5.78. The number of ether oxygens (including phenoxy) is 1. The lowest BCUT2D eigenvalue weighted by atomic mass is 10.00. The lowest BCUT2D eigenvalue weighted by molar-refractivity contribution is -0.143. The molecule has 2 N–H and O–H groups in total. The van der Waals surface area contributed by atoms with E-state index in [1.165, 1.54) is 23.1 Å². The Morgan fingerprint density at radius 3 is 2.70 bits per heavy atom. The van der Waals surface area contributed by atoms with Gasteiger partial charge in [0.2, 0.25) is 5.91 Å². The smallest absolute Gasteiger partial charge is 0.370 e. The van der Waals surface area contributed by atoms with Crippen molar-refractivity contribution in [2.45, 2.75) is 12.2 Å². The van der Waals surface area contributed by atoms with Crippen molar-refractivity contribution in [2.24, 2.45) is 5.73 Å². The number of halogens is 3. The average molecular weight is 288 g/mol. The van der Waals surface area contributed by atoms with Gasteiger partial charge in [-0.15, -0.1) is 0 Å². The standard InChI is InChI=1S/C13H15F3N2O2/c14-13(15,16)10-4-2-1-3-9(10)11(17)7-18-5-6-20-8-12(18)19/h1-4,11H,5-8,17H2. The van der Waals surface area contributed by atoms with E-state index in [-0.39, 0.29) is 24.6 Å². The molecule has 7 heteroatoms. The van der Waals surface area contributed by atoms with Crippen LogP contribution in [0.25, 0.3) is 0 Å². The van der Waals surface area contributed by atoms with Gasteiger partial charge in [-0.05, 0) is 11.6 Å². The predicted octanol–water partition coefficient (Wildman–Crippen LogP) is 1.56. The first-order valence-electron chi connectivity index (χ1n) is 6.17. The van der Waals surface area contributed by atoms with Crippen molar-refractivity contribution in [2.75, 3.05) is 26.3 Å². The first kappa shape index (κ1) is 14.8. The number of nitrogens with zero attached hydrogens (tertiary/aromatic N) is 1. The molecule has 1 aromatic carbocycles. The summed E-state index contributed by atoms with van der Waals surface area (Å²) in [6.45, 7) is 0.725. The van der Waals surface area contributed by atoms with Crippen molar-refractivity contribution in [3.8, 4) is 0 Å². The summed E-state index contributed by atoms with van der Waals surface area (Å²) < 4.78 is 43.7. The van der Waals surface area contributed by atoms with E-state index in [4.69, 9.17) is 10.5 Å². The number of benzene rings is 1. The maximum atomic E-state index is 12.9. The summed E-state index contributed by atoms with van der Waals surface area (Å²) in [5, 5.41) is 0. The number of amides is 1. The second kappa shape index (κ2) is 5.80. The Hall–Kier alpha value is -1.60. The average Bonchev–Trinajstić information content (AvgIpc) is 2.40. The number of alkyl halides is 3. The summed E-state index contributed by atoms with van der Waals surface area (Å²) >= 11 is 0. The molecule has 4 nitrogen and oxygen atoms in total. The Bertz CT molecular complexity index is 491. The zero-order valence-corrected chi connectivity index (χ0v) is 10.7. The van der Waals surface area contributed by atoms with Gasteiger partial charge in [0.15, 0.2) is 0 Å². The summed E-state index contributed by atoms with van der Waals surface area (Å²) in [6, 6.07) is 4.29. The highest BCUT2D eigenvalue weighted by atomic mass is 19.4. The van der Waals surface area contributed by atoms with Gasteiger partial charge in [0, 0.05) is 19.1 Å². The van der Waals surface area contributed by atoms with Crippen LogP contribution in [0.15, 0.2) is 24.3 Å². The summed E-state index contributed by atoms with van der Waals surface area (Å²) in [7, 11) is 0. The Balaban J connectivity index is 2.17. The third kappa shape index (κ3) is 3.29. The van der Waals surface area contributed by atoms with Crippen LogP contribution in [-0.2, 0) is 15.7 Å². The summed E-state index contributed by atoms with van der Waals surface area (Å²) in [4.78, 5) is 13.0. The quantitative estimate of drug-likeness (QED) is 0.918. The van der Waals surface area contributed by atoms with Crippen LogP contribution in [0.1, 0.15) is 17.2 Å². The molecule has 1 fully saturated rings. The summed E-state index contributed by atoms with van der Waals surface area (Å²) in [6.07, 6.45) is -4.46. The third-order valence-electron chi connectivity index (χ3n) is 3.17. The van der Waals surface area contributed by atoms with E-state index < -0.39 is 17.8 Å². The van der Waals surface area contributed by atoms with Crippen LogP contribution in [0, 0.1) is 0 Å². The van der Waals surface area contributed by atoms with E-state index in [1.54, 1.807) is 0 Å². The molecule has 1 aliphatic heterocycles. The van der Waals surface area contributed by atoms with Gasteiger partial charge in [-0.25, -0.2) is 0 Å². The molecule has 1 aliphatic rings. The molecule has 1 unspecified atom stereocenters. The monoisotopic (exact) mass is 288 g/mol. The van der Waals surface area contributed by atoms with Gasteiger partial charge in [0.05, 0.1) is 12.2 Å². The number of hydrogen-bond acceptors (Lipinski definition) is 3. The zero-order chi connectivity index (χ0) is 14.8. The van der Waals surface area contributed by atoms with Crippen LogP contribution < -0.4 is 5.73 Å². The topological polar surface area (TPSA) is 55.6 Å². The highest BCUT2D eigenvalue weighted by Crippen LogP contribution is 2.34. The molecule has 1 saturated heterocycles. The van der Waals surface area contributed by atoms with Gasteiger partial charge in [-0.1, -0.05) is 18.2 Å². The molecule has 0 aromatic heterocycles. The molecular formula is C13H15F3N2O2. The second-order valence-electron chi connectivity index (χ2n) is 4.58. The number of nitrogens with two attached hydrogens (primary N) is 1. The van der Waals surface area contributed by atoms with Crippen LogP contribution >= 0.6 is 0 Å². The lowest BCUT2D eigenvalue weighted by Crippen LogP contribution is -2.45. The maximum Gasteiger partial charge on any atom is 0.416 e. The fourth-order valence-corrected chi connectivity index (χ4v) is 2.16. The van der Waals surface area contributed by atoms with Gasteiger partial charge in [-0.3, -0.25) is 4.79 Å². The Morgan fingerprint density at radius 2 is 2.05 bits per heavy atom. The summed E-state index contributed by atoms with van der Waals surface area (Å²) in [5.41, 5.74) is 5.09. The van der Waals surface area contributed by atoms with E-state index in [9.17, 15) is 18.0 Å². The molecule has 0 aliphatic carbocycles. The van der Waals surface area contributed by atoms with Gasteiger partial charge < -0.3 is 15.4 Å². The molecule has 2 rings (SSSR count). The first-order chi connectivity index (χ1) is 9.39. The molecule has 1 atom stereocenters. The SMILES string of the molecule is NC(CN1CCOCC1=O)c1ccccc1C(F)(F)F. The normalized spacial score (nSPS) is 18.2. The Labute approximate surface area is 114 Å². The fraction of sp³-hybridized carbons (Fsp3) is 0.462. The van der Waals surface area contributed by atoms with E-state index in [1.807, 2.05) is 0 Å². The van der Waals surface area contributed by atoms with Crippen molar-refractivity contribution in [3.63, 3.8) is 0 Å². The molecule has 20 heavy (non-hydrogen) atoms. The van der Waals surface area contributed by atoms with Gasteiger partial charge in [0.25, 0.3) is 0 Å². The van der Waals surface area contributed by atoms with Crippen LogP contribution in [0.2, 0.25) is 0 Å². The lowest BCUT2D eigenvalue weighted by Gasteiger charge is -2.30. The predicted molar refractivity (Wildman–Crippen MR) is 65.8 cm³/mol. The van der Waals surface area contributed by atoms with Crippen molar-refractivity contribution in [1.82, 2.24) is 4.90 Å². The minimum atomic E-state index is -4.46. The number of carbonyl (C=O) groups is 1. The Kier molecular flexibility index (Phi) is 4.29.